The number of methoxy groups -OCH3 is 1. The van der Waals surface area contributed by atoms with Gasteiger partial charge in [0, 0.05) is 13.2 Å². The van der Waals surface area contributed by atoms with Gasteiger partial charge in [-0.25, -0.2) is 0 Å². The monoisotopic (exact) mass is 280 g/mol. The van der Waals surface area contributed by atoms with E-state index in [2.05, 4.69) is 13.8 Å². The molecule has 3 nitrogen and oxygen atoms in total. The first kappa shape index (κ1) is 17.0. The molecule has 3 heteroatoms. The summed E-state index contributed by atoms with van der Waals surface area (Å²) in [6.45, 7) is 6.08. The number of ether oxygens (including phenoxy) is 2. The normalized spacial score (nSPS) is 14.0. The molecule has 1 rings (SSSR count). The molecule has 0 saturated carbocycles. The number of aliphatic hydroxyl groups is 1. The summed E-state index contributed by atoms with van der Waals surface area (Å²) in [6, 6.07) is 7.98. The van der Waals surface area contributed by atoms with E-state index in [0.29, 0.717) is 18.4 Å². The second-order valence-corrected chi connectivity index (χ2v) is 5.67. The van der Waals surface area contributed by atoms with Gasteiger partial charge in [0.1, 0.15) is 5.75 Å². The molecule has 1 N–H and O–H groups in total. The molecule has 0 aliphatic rings. The minimum absolute atomic E-state index is 0.290. The Balaban J connectivity index is 2.09. The Bertz CT molecular complexity index is 348. The number of benzene rings is 1. The Morgan fingerprint density at radius 1 is 1.10 bits per heavy atom. The first-order chi connectivity index (χ1) is 9.65. The average molecular weight is 280 g/mol. The zero-order chi connectivity index (χ0) is 14.8. The SMILES string of the molecule is COc1ccc(COCCC[C@H](C)C[C@H](C)CO)cc1. The van der Waals surface area contributed by atoms with E-state index in [1.807, 2.05) is 24.3 Å². The average Bonchev–Trinajstić information content (AvgIpc) is 2.47. The van der Waals surface area contributed by atoms with E-state index in [0.717, 1.165) is 31.6 Å². The van der Waals surface area contributed by atoms with Crippen LogP contribution in [0.1, 0.15) is 38.7 Å². The highest BCUT2D eigenvalue weighted by Gasteiger charge is 2.07. The number of hydrogen-bond donors (Lipinski definition) is 1. The van der Waals surface area contributed by atoms with Crippen LogP contribution in [0.3, 0.4) is 0 Å². The molecule has 0 radical (unpaired) electrons. The fourth-order valence-electron chi connectivity index (χ4n) is 2.32. The van der Waals surface area contributed by atoms with Gasteiger partial charge in [0.05, 0.1) is 13.7 Å². The molecule has 0 heterocycles. The summed E-state index contributed by atoms with van der Waals surface area (Å²) in [6.07, 6.45) is 3.33. The molecule has 1 aromatic rings. The minimum Gasteiger partial charge on any atom is -0.497 e. The Hall–Kier alpha value is -1.06. The highest BCUT2D eigenvalue weighted by molar-refractivity contribution is 5.26. The molecular formula is C17H28O3. The van der Waals surface area contributed by atoms with Gasteiger partial charge in [-0.15, -0.1) is 0 Å². The van der Waals surface area contributed by atoms with Crippen molar-refractivity contribution in [3.05, 3.63) is 29.8 Å². The van der Waals surface area contributed by atoms with Crippen LogP contribution < -0.4 is 4.74 Å². The first-order valence-corrected chi connectivity index (χ1v) is 7.47. The van der Waals surface area contributed by atoms with Crippen LogP contribution in [0.25, 0.3) is 0 Å². The van der Waals surface area contributed by atoms with Gasteiger partial charge in [0.2, 0.25) is 0 Å². The van der Waals surface area contributed by atoms with Crippen molar-refractivity contribution in [2.45, 2.75) is 39.7 Å². The third-order valence-corrected chi connectivity index (χ3v) is 3.53. The van der Waals surface area contributed by atoms with Crippen molar-refractivity contribution in [2.75, 3.05) is 20.3 Å². The maximum atomic E-state index is 9.02. The molecule has 0 unspecified atom stereocenters. The fraction of sp³-hybridized carbons (Fsp3) is 0.647. The van der Waals surface area contributed by atoms with E-state index in [4.69, 9.17) is 14.6 Å². The van der Waals surface area contributed by atoms with Gasteiger partial charge in [-0.1, -0.05) is 26.0 Å². The van der Waals surface area contributed by atoms with Crippen molar-refractivity contribution in [2.24, 2.45) is 11.8 Å². The molecule has 0 saturated heterocycles. The highest BCUT2D eigenvalue weighted by atomic mass is 16.5. The van der Waals surface area contributed by atoms with E-state index >= 15 is 0 Å². The van der Waals surface area contributed by atoms with Gasteiger partial charge in [-0.3, -0.25) is 0 Å². The third kappa shape index (κ3) is 6.92. The van der Waals surface area contributed by atoms with Gasteiger partial charge in [0.15, 0.2) is 0 Å². The summed E-state index contributed by atoms with van der Waals surface area (Å²) in [5, 5.41) is 9.02. The van der Waals surface area contributed by atoms with Crippen molar-refractivity contribution in [3.8, 4) is 5.75 Å². The Morgan fingerprint density at radius 2 is 1.80 bits per heavy atom. The van der Waals surface area contributed by atoms with Crippen LogP contribution in [0.4, 0.5) is 0 Å². The van der Waals surface area contributed by atoms with Crippen molar-refractivity contribution in [1.29, 1.82) is 0 Å². The van der Waals surface area contributed by atoms with E-state index in [1.165, 1.54) is 5.56 Å². The molecule has 1 aromatic carbocycles. The van der Waals surface area contributed by atoms with Crippen molar-refractivity contribution < 1.29 is 14.6 Å². The maximum Gasteiger partial charge on any atom is 0.118 e. The van der Waals surface area contributed by atoms with E-state index in [1.54, 1.807) is 7.11 Å². The van der Waals surface area contributed by atoms with Gasteiger partial charge in [-0.2, -0.15) is 0 Å². The van der Waals surface area contributed by atoms with E-state index in [9.17, 15) is 0 Å². The summed E-state index contributed by atoms with van der Waals surface area (Å²) in [7, 11) is 1.67. The highest BCUT2D eigenvalue weighted by Crippen LogP contribution is 2.17. The van der Waals surface area contributed by atoms with Gasteiger partial charge in [-0.05, 0) is 48.8 Å². The molecular weight excluding hydrogens is 252 g/mol. The third-order valence-electron chi connectivity index (χ3n) is 3.53. The summed E-state index contributed by atoms with van der Waals surface area (Å²) < 4.78 is 10.8. The van der Waals surface area contributed by atoms with Crippen LogP contribution in [0, 0.1) is 11.8 Å². The first-order valence-electron chi connectivity index (χ1n) is 7.47. The van der Waals surface area contributed by atoms with Gasteiger partial charge >= 0.3 is 0 Å². The molecule has 0 aromatic heterocycles. The Kier molecular flexibility index (Phi) is 8.31. The summed E-state index contributed by atoms with van der Waals surface area (Å²) >= 11 is 0. The van der Waals surface area contributed by atoms with E-state index < -0.39 is 0 Å². The molecule has 0 fully saturated rings. The minimum atomic E-state index is 0.290. The van der Waals surface area contributed by atoms with Gasteiger partial charge in [0.25, 0.3) is 0 Å². The van der Waals surface area contributed by atoms with Crippen LogP contribution in [0.2, 0.25) is 0 Å². The largest absolute Gasteiger partial charge is 0.497 e. The topological polar surface area (TPSA) is 38.7 Å². The maximum absolute atomic E-state index is 9.02. The van der Waals surface area contributed by atoms with Crippen LogP contribution in [0.5, 0.6) is 5.75 Å². The summed E-state index contributed by atoms with van der Waals surface area (Å²) in [4.78, 5) is 0. The lowest BCUT2D eigenvalue weighted by Gasteiger charge is -2.15. The lowest BCUT2D eigenvalue weighted by molar-refractivity contribution is 0.112. The predicted molar refractivity (Wildman–Crippen MR) is 81.9 cm³/mol. The Labute approximate surface area is 122 Å². The number of hydrogen-bond acceptors (Lipinski definition) is 3. The van der Waals surface area contributed by atoms with Crippen molar-refractivity contribution >= 4 is 0 Å². The fourth-order valence-corrected chi connectivity index (χ4v) is 2.32. The molecule has 0 amide bonds. The van der Waals surface area contributed by atoms with Crippen LogP contribution in [-0.2, 0) is 11.3 Å². The molecule has 0 aliphatic heterocycles. The van der Waals surface area contributed by atoms with Crippen LogP contribution >= 0.6 is 0 Å². The lowest BCUT2D eigenvalue weighted by Crippen LogP contribution is -2.08. The zero-order valence-corrected chi connectivity index (χ0v) is 13.0. The summed E-state index contributed by atoms with van der Waals surface area (Å²) in [5.74, 6) is 1.94. The summed E-state index contributed by atoms with van der Waals surface area (Å²) in [5.41, 5.74) is 1.17. The standard InChI is InChI=1S/C17H28O3/c1-14(11-15(2)12-18)5-4-10-20-13-16-6-8-17(19-3)9-7-16/h6-9,14-15,18H,4-5,10-13H2,1-3H3/t14-,15-/m0/s1. The molecule has 0 aliphatic carbocycles. The number of aliphatic hydroxyl groups excluding tert-OH is 1. The second-order valence-electron chi connectivity index (χ2n) is 5.67. The predicted octanol–water partition coefficient (Wildman–Crippen LogP) is 3.65. The quantitative estimate of drug-likeness (QED) is 0.665. The van der Waals surface area contributed by atoms with E-state index in [-0.39, 0.29) is 6.61 Å². The molecule has 20 heavy (non-hydrogen) atoms. The van der Waals surface area contributed by atoms with Crippen molar-refractivity contribution in [1.82, 2.24) is 0 Å². The molecule has 2 atom stereocenters. The molecule has 0 spiro atoms. The van der Waals surface area contributed by atoms with Gasteiger partial charge < -0.3 is 14.6 Å². The Morgan fingerprint density at radius 3 is 2.40 bits per heavy atom. The second kappa shape index (κ2) is 9.78. The van der Waals surface area contributed by atoms with Crippen LogP contribution in [-0.4, -0.2) is 25.4 Å². The zero-order valence-electron chi connectivity index (χ0n) is 13.0. The molecule has 114 valence electrons. The van der Waals surface area contributed by atoms with Crippen LogP contribution in [0.15, 0.2) is 24.3 Å². The lowest BCUT2D eigenvalue weighted by atomic mass is 9.94. The van der Waals surface area contributed by atoms with Crippen molar-refractivity contribution in [3.63, 3.8) is 0 Å². The smallest absolute Gasteiger partial charge is 0.118 e. The molecule has 0 bridgehead atoms. The number of rotatable bonds is 10.